The Morgan fingerprint density at radius 1 is 1.37 bits per heavy atom. The fourth-order valence-electron chi connectivity index (χ4n) is 2.26. The zero-order chi connectivity index (χ0) is 14.7. The molecular formula is C13H24N2O4. The highest BCUT2D eigenvalue weighted by Gasteiger charge is 2.39. The maximum Gasteiger partial charge on any atom is 0.329 e. The van der Waals surface area contributed by atoms with Crippen molar-refractivity contribution in [2.24, 2.45) is 0 Å². The SMILES string of the molecule is CCC(CC)(NC(=O)N1CCOC(C)(C)C1)C(=O)O. The van der Waals surface area contributed by atoms with Gasteiger partial charge in [-0.15, -0.1) is 0 Å². The van der Waals surface area contributed by atoms with Gasteiger partial charge in [0.15, 0.2) is 0 Å². The Balaban J connectivity index is 2.75. The highest BCUT2D eigenvalue weighted by Crippen LogP contribution is 2.19. The fraction of sp³-hybridized carbons (Fsp3) is 0.846. The third kappa shape index (κ3) is 3.59. The summed E-state index contributed by atoms with van der Waals surface area (Å²) in [6.07, 6.45) is 0.719. The molecule has 2 N–H and O–H groups in total. The summed E-state index contributed by atoms with van der Waals surface area (Å²) < 4.78 is 5.54. The standard InChI is InChI=1S/C13H24N2O4/c1-5-13(6-2,10(16)17)14-11(18)15-7-8-19-12(3,4)9-15/h5-9H2,1-4H3,(H,14,18)(H,16,17). The first-order valence-corrected chi connectivity index (χ1v) is 6.71. The molecule has 1 aliphatic heterocycles. The molecule has 0 saturated carbocycles. The van der Waals surface area contributed by atoms with E-state index in [-0.39, 0.29) is 11.6 Å². The summed E-state index contributed by atoms with van der Waals surface area (Å²) in [6.45, 7) is 8.77. The third-order valence-electron chi connectivity index (χ3n) is 3.68. The maximum absolute atomic E-state index is 12.2. The Hall–Kier alpha value is -1.30. The Morgan fingerprint density at radius 3 is 2.37 bits per heavy atom. The quantitative estimate of drug-likeness (QED) is 0.812. The molecule has 6 heteroatoms. The molecule has 0 aromatic carbocycles. The van der Waals surface area contributed by atoms with Crippen LogP contribution in [0.25, 0.3) is 0 Å². The van der Waals surface area contributed by atoms with E-state index in [1.165, 1.54) is 0 Å². The van der Waals surface area contributed by atoms with Crippen molar-refractivity contribution in [3.63, 3.8) is 0 Å². The van der Waals surface area contributed by atoms with Gasteiger partial charge in [0.2, 0.25) is 0 Å². The number of amides is 2. The summed E-state index contributed by atoms with van der Waals surface area (Å²) in [6, 6.07) is -0.331. The first-order valence-electron chi connectivity index (χ1n) is 6.71. The van der Waals surface area contributed by atoms with Crippen molar-refractivity contribution in [1.82, 2.24) is 10.2 Å². The number of hydrogen-bond acceptors (Lipinski definition) is 3. The van der Waals surface area contributed by atoms with Crippen molar-refractivity contribution in [3.8, 4) is 0 Å². The molecular weight excluding hydrogens is 248 g/mol. The first kappa shape index (κ1) is 15.8. The molecule has 1 fully saturated rings. The second-order valence-electron chi connectivity index (χ2n) is 5.55. The van der Waals surface area contributed by atoms with Gasteiger partial charge >= 0.3 is 12.0 Å². The fourth-order valence-corrected chi connectivity index (χ4v) is 2.26. The average Bonchev–Trinajstić information content (AvgIpc) is 2.34. The molecule has 1 saturated heterocycles. The number of ether oxygens (including phenoxy) is 1. The number of carboxylic acids is 1. The van der Waals surface area contributed by atoms with Gasteiger partial charge in [0.25, 0.3) is 0 Å². The molecule has 0 aromatic rings. The minimum atomic E-state index is -1.18. The van der Waals surface area contributed by atoms with E-state index in [0.717, 1.165) is 0 Å². The maximum atomic E-state index is 12.2. The van der Waals surface area contributed by atoms with Crippen LogP contribution in [0.2, 0.25) is 0 Å². The zero-order valence-electron chi connectivity index (χ0n) is 12.2. The van der Waals surface area contributed by atoms with Gasteiger partial charge in [-0.2, -0.15) is 0 Å². The highest BCUT2D eigenvalue weighted by molar-refractivity contribution is 5.86. The largest absolute Gasteiger partial charge is 0.480 e. The van der Waals surface area contributed by atoms with Gasteiger partial charge in [0, 0.05) is 6.54 Å². The van der Waals surface area contributed by atoms with Crippen LogP contribution < -0.4 is 5.32 Å². The van der Waals surface area contributed by atoms with Crippen LogP contribution >= 0.6 is 0 Å². The van der Waals surface area contributed by atoms with E-state index in [4.69, 9.17) is 4.74 Å². The van der Waals surface area contributed by atoms with E-state index >= 15 is 0 Å². The van der Waals surface area contributed by atoms with E-state index in [1.807, 2.05) is 13.8 Å². The molecule has 0 bridgehead atoms. The molecule has 1 rings (SSSR count). The number of nitrogens with zero attached hydrogens (tertiary/aromatic N) is 1. The van der Waals surface area contributed by atoms with Crippen LogP contribution in [0.3, 0.4) is 0 Å². The van der Waals surface area contributed by atoms with Crippen molar-refractivity contribution < 1.29 is 19.4 Å². The van der Waals surface area contributed by atoms with Gasteiger partial charge in [-0.05, 0) is 26.7 Å². The van der Waals surface area contributed by atoms with Gasteiger partial charge in [-0.25, -0.2) is 9.59 Å². The molecule has 6 nitrogen and oxygen atoms in total. The Labute approximate surface area is 114 Å². The van der Waals surface area contributed by atoms with Gasteiger partial charge < -0.3 is 20.1 Å². The Kier molecular flexibility index (Phi) is 4.79. The summed E-state index contributed by atoms with van der Waals surface area (Å²) in [5.41, 5.74) is -1.57. The third-order valence-corrected chi connectivity index (χ3v) is 3.68. The van der Waals surface area contributed by atoms with E-state index in [1.54, 1.807) is 18.7 Å². The van der Waals surface area contributed by atoms with Crippen molar-refractivity contribution in [2.75, 3.05) is 19.7 Å². The van der Waals surface area contributed by atoms with Gasteiger partial charge in [-0.1, -0.05) is 13.8 Å². The number of urea groups is 1. The molecule has 0 aliphatic carbocycles. The van der Waals surface area contributed by atoms with E-state index < -0.39 is 11.5 Å². The minimum absolute atomic E-state index is 0.331. The molecule has 0 atom stereocenters. The number of nitrogens with one attached hydrogen (secondary N) is 1. The number of carbonyl (C=O) groups excluding carboxylic acids is 1. The van der Waals surface area contributed by atoms with Crippen molar-refractivity contribution in [1.29, 1.82) is 0 Å². The van der Waals surface area contributed by atoms with Gasteiger partial charge in [0.1, 0.15) is 5.54 Å². The second-order valence-corrected chi connectivity index (χ2v) is 5.55. The van der Waals surface area contributed by atoms with Crippen molar-refractivity contribution in [2.45, 2.75) is 51.7 Å². The molecule has 0 aromatic heterocycles. The first-order chi connectivity index (χ1) is 8.76. The van der Waals surface area contributed by atoms with Crippen LogP contribution in [0.15, 0.2) is 0 Å². The normalized spacial score (nSPS) is 19.1. The molecule has 1 heterocycles. The minimum Gasteiger partial charge on any atom is -0.480 e. The smallest absolute Gasteiger partial charge is 0.329 e. The summed E-state index contributed by atoms with van der Waals surface area (Å²) in [5, 5.41) is 12.0. The number of carboxylic acid groups (broad SMARTS) is 1. The number of hydrogen-bond donors (Lipinski definition) is 2. The Morgan fingerprint density at radius 2 is 1.95 bits per heavy atom. The molecule has 0 unspecified atom stereocenters. The monoisotopic (exact) mass is 272 g/mol. The lowest BCUT2D eigenvalue weighted by Crippen LogP contribution is -2.60. The van der Waals surface area contributed by atoms with Crippen molar-refractivity contribution in [3.05, 3.63) is 0 Å². The Bertz CT molecular complexity index is 351. The van der Waals surface area contributed by atoms with Crippen LogP contribution in [-0.4, -0.2) is 52.8 Å². The summed E-state index contributed by atoms with van der Waals surface area (Å²) in [5.74, 6) is -0.988. The van der Waals surface area contributed by atoms with E-state index in [2.05, 4.69) is 5.32 Å². The van der Waals surface area contributed by atoms with E-state index in [0.29, 0.717) is 32.5 Å². The molecule has 2 amide bonds. The predicted molar refractivity (Wildman–Crippen MR) is 71.1 cm³/mol. The summed E-state index contributed by atoms with van der Waals surface area (Å²) in [4.78, 5) is 25.2. The predicted octanol–water partition coefficient (Wildman–Crippen LogP) is 1.45. The number of morpholine rings is 1. The molecule has 19 heavy (non-hydrogen) atoms. The summed E-state index contributed by atoms with van der Waals surface area (Å²) in [7, 11) is 0. The average molecular weight is 272 g/mol. The van der Waals surface area contributed by atoms with Crippen LogP contribution in [0.1, 0.15) is 40.5 Å². The number of carbonyl (C=O) groups is 2. The van der Waals surface area contributed by atoms with Gasteiger partial charge in [-0.3, -0.25) is 0 Å². The van der Waals surface area contributed by atoms with Crippen LogP contribution in [0.5, 0.6) is 0 Å². The van der Waals surface area contributed by atoms with Crippen LogP contribution in [-0.2, 0) is 9.53 Å². The lowest BCUT2D eigenvalue weighted by Gasteiger charge is -2.40. The lowest BCUT2D eigenvalue weighted by molar-refractivity contribution is -0.145. The molecule has 0 spiro atoms. The highest BCUT2D eigenvalue weighted by atomic mass is 16.5. The van der Waals surface area contributed by atoms with Crippen LogP contribution in [0.4, 0.5) is 4.79 Å². The number of rotatable bonds is 4. The number of aliphatic carboxylic acids is 1. The molecule has 0 radical (unpaired) electrons. The second kappa shape index (κ2) is 5.77. The van der Waals surface area contributed by atoms with Crippen molar-refractivity contribution >= 4 is 12.0 Å². The molecule has 1 aliphatic rings. The van der Waals surface area contributed by atoms with Crippen LogP contribution in [0, 0.1) is 0 Å². The topological polar surface area (TPSA) is 78.9 Å². The van der Waals surface area contributed by atoms with Gasteiger partial charge in [0.05, 0.1) is 18.8 Å². The molecule has 110 valence electrons. The lowest BCUT2D eigenvalue weighted by atomic mass is 9.93. The zero-order valence-corrected chi connectivity index (χ0v) is 12.2. The van der Waals surface area contributed by atoms with E-state index in [9.17, 15) is 14.7 Å². The summed E-state index contributed by atoms with van der Waals surface area (Å²) >= 11 is 0.